The van der Waals surface area contributed by atoms with Gasteiger partial charge in [-0.1, -0.05) is 245 Å². The van der Waals surface area contributed by atoms with Crippen molar-refractivity contribution in [1.29, 1.82) is 0 Å². The van der Waals surface area contributed by atoms with E-state index in [9.17, 15) is 19.8 Å². The van der Waals surface area contributed by atoms with Crippen molar-refractivity contribution in [3.8, 4) is 0 Å². The molecule has 0 aromatic carbocycles. The van der Waals surface area contributed by atoms with Crippen molar-refractivity contribution in [2.45, 2.75) is 309 Å². The van der Waals surface area contributed by atoms with Crippen molar-refractivity contribution in [2.75, 3.05) is 6.61 Å². The lowest BCUT2D eigenvalue weighted by molar-refractivity contribution is -0.151. The second-order valence-corrected chi connectivity index (χ2v) is 18.3. The third-order valence-electron chi connectivity index (χ3n) is 12.3. The topological polar surface area (TPSA) is 95.9 Å². The number of aliphatic hydroxyl groups is 2. The fraction of sp³-hybridized carbons (Fsp3) is 0.925. The van der Waals surface area contributed by atoms with Crippen molar-refractivity contribution >= 4 is 11.9 Å². The number of hydrogen-bond donors (Lipinski definition) is 3. The number of carbonyl (C=O) groups is 2. The molecule has 0 aromatic heterocycles. The molecule has 6 nitrogen and oxygen atoms in total. The Morgan fingerprint density at radius 3 is 1.24 bits per heavy atom. The summed E-state index contributed by atoms with van der Waals surface area (Å²) < 4.78 is 5.91. The number of allylic oxidation sites excluding steroid dienone is 2. The molecule has 0 saturated heterocycles. The van der Waals surface area contributed by atoms with Gasteiger partial charge in [0, 0.05) is 6.42 Å². The lowest BCUT2D eigenvalue weighted by Gasteiger charge is -2.24. The van der Waals surface area contributed by atoms with Gasteiger partial charge in [0.25, 0.3) is 0 Å². The Morgan fingerprint density at radius 2 is 0.831 bits per heavy atom. The van der Waals surface area contributed by atoms with E-state index in [0.29, 0.717) is 19.3 Å². The standard InChI is InChI=1S/C53H103NO5/c1-4-7-10-13-16-19-22-25-26-27-28-30-33-36-39-42-45-51(56)50(48-55)54-52(57)47-49(44-41-38-35-32-29-23-20-17-14-11-8-5-2)59-53(58)46-43-40-37-34-31-24-21-18-15-12-9-6-3/h32,35,49-51,55-56H,4-31,33-34,36-48H2,1-3H3,(H,54,57)/b35-32-. The number of carbonyl (C=O) groups excluding carboxylic acids is 2. The van der Waals surface area contributed by atoms with Crippen LogP contribution in [0.15, 0.2) is 12.2 Å². The number of rotatable bonds is 48. The monoisotopic (exact) mass is 834 g/mol. The van der Waals surface area contributed by atoms with E-state index >= 15 is 0 Å². The molecular weight excluding hydrogens is 731 g/mol. The molecule has 0 aromatic rings. The number of nitrogens with one attached hydrogen (secondary N) is 1. The van der Waals surface area contributed by atoms with Crippen LogP contribution in [0.5, 0.6) is 0 Å². The summed E-state index contributed by atoms with van der Waals surface area (Å²) in [6.45, 7) is 6.49. The maximum absolute atomic E-state index is 13.2. The summed E-state index contributed by atoms with van der Waals surface area (Å²) in [5.41, 5.74) is 0. The van der Waals surface area contributed by atoms with Gasteiger partial charge in [0.1, 0.15) is 6.10 Å². The summed E-state index contributed by atoms with van der Waals surface area (Å²) in [6, 6.07) is -0.703. The molecule has 0 spiro atoms. The summed E-state index contributed by atoms with van der Waals surface area (Å²) >= 11 is 0. The molecule has 350 valence electrons. The summed E-state index contributed by atoms with van der Waals surface area (Å²) in [4.78, 5) is 26.1. The van der Waals surface area contributed by atoms with Crippen molar-refractivity contribution in [2.24, 2.45) is 0 Å². The molecule has 3 atom stereocenters. The van der Waals surface area contributed by atoms with Crippen LogP contribution in [0.2, 0.25) is 0 Å². The second-order valence-electron chi connectivity index (χ2n) is 18.3. The summed E-state index contributed by atoms with van der Waals surface area (Å²) in [7, 11) is 0. The number of ether oxygens (including phenoxy) is 1. The third kappa shape index (κ3) is 43.1. The Kier molecular flexibility index (Phi) is 46.5. The maximum atomic E-state index is 13.2. The average Bonchev–Trinajstić information content (AvgIpc) is 3.23. The van der Waals surface area contributed by atoms with Gasteiger partial charge < -0.3 is 20.3 Å². The van der Waals surface area contributed by atoms with Crippen LogP contribution in [0, 0.1) is 0 Å². The number of hydrogen-bond acceptors (Lipinski definition) is 5. The molecule has 0 rings (SSSR count). The van der Waals surface area contributed by atoms with Crippen LogP contribution in [-0.2, 0) is 14.3 Å². The summed E-state index contributed by atoms with van der Waals surface area (Å²) in [6.07, 6.45) is 52.8. The van der Waals surface area contributed by atoms with Crippen molar-refractivity contribution in [3.05, 3.63) is 12.2 Å². The minimum atomic E-state index is -0.788. The lowest BCUT2D eigenvalue weighted by atomic mass is 10.0. The number of esters is 1. The van der Waals surface area contributed by atoms with E-state index in [0.717, 1.165) is 51.4 Å². The van der Waals surface area contributed by atoms with Gasteiger partial charge in [-0.2, -0.15) is 0 Å². The molecule has 1 amide bonds. The van der Waals surface area contributed by atoms with Crippen LogP contribution < -0.4 is 5.32 Å². The predicted molar refractivity (Wildman–Crippen MR) is 255 cm³/mol. The maximum Gasteiger partial charge on any atom is 0.306 e. The molecule has 0 aliphatic rings. The summed E-state index contributed by atoms with van der Waals surface area (Å²) in [5.74, 6) is -0.487. The molecule has 59 heavy (non-hydrogen) atoms. The van der Waals surface area contributed by atoms with Gasteiger partial charge in [0.15, 0.2) is 0 Å². The third-order valence-corrected chi connectivity index (χ3v) is 12.3. The van der Waals surface area contributed by atoms with Gasteiger partial charge in [-0.25, -0.2) is 0 Å². The molecule has 0 fully saturated rings. The zero-order chi connectivity index (χ0) is 43.1. The molecule has 0 bridgehead atoms. The van der Waals surface area contributed by atoms with Gasteiger partial charge in [0.05, 0.1) is 25.2 Å². The normalized spacial score (nSPS) is 13.2. The Hall–Kier alpha value is -1.40. The van der Waals surface area contributed by atoms with Crippen molar-refractivity contribution in [1.82, 2.24) is 5.32 Å². The fourth-order valence-corrected chi connectivity index (χ4v) is 8.31. The van der Waals surface area contributed by atoms with Crippen molar-refractivity contribution in [3.63, 3.8) is 0 Å². The smallest absolute Gasteiger partial charge is 0.306 e. The van der Waals surface area contributed by atoms with Gasteiger partial charge in [-0.3, -0.25) is 9.59 Å². The highest BCUT2D eigenvalue weighted by atomic mass is 16.5. The van der Waals surface area contributed by atoms with Crippen LogP contribution in [0.25, 0.3) is 0 Å². The molecule has 0 radical (unpaired) electrons. The Bertz CT molecular complexity index is 893. The van der Waals surface area contributed by atoms with Gasteiger partial charge in [-0.15, -0.1) is 0 Å². The van der Waals surface area contributed by atoms with Gasteiger partial charge in [-0.05, 0) is 44.9 Å². The van der Waals surface area contributed by atoms with Crippen molar-refractivity contribution < 1.29 is 24.5 Å². The number of amides is 1. The predicted octanol–water partition coefficient (Wildman–Crippen LogP) is 15.7. The van der Waals surface area contributed by atoms with E-state index in [-0.39, 0.29) is 24.9 Å². The molecule has 3 N–H and O–H groups in total. The SMILES string of the molecule is CCCCCCCCC/C=C\CCCC(CC(=O)NC(CO)C(O)CCCCCCCCCCCCCCCCCC)OC(=O)CCCCCCCCCCCCCC. The molecular formula is C53H103NO5. The Balaban J connectivity index is 4.50. The number of unbranched alkanes of at least 4 members (excludes halogenated alkanes) is 34. The lowest BCUT2D eigenvalue weighted by Crippen LogP contribution is -2.46. The van der Waals surface area contributed by atoms with Crippen LogP contribution in [-0.4, -0.2) is 46.9 Å². The fourth-order valence-electron chi connectivity index (χ4n) is 8.31. The molecule has 0 heterocycles. The molecule has 0 saturated carbocycles. The second kappa shape index (κ2) is 47.6. The minimum Gasteiger partial charge on any atom is -0.462 e. The Labute approximate surface area is 368 Å². The zero-order valence-electron chi connectivity index (χ0n) is 39.9. The first-order valence-electron chi connectivity index (χ1n) is 26.4. The highest BCUT2D eigenvalue weighted by molar-refractivity contribution is 5.77. The average molecular weight is 834 g/mol. The van der Waals surface area contributed by atoms with Gasteiger partial charge in [0.2, 0.25) is 5.91 Å². The van der Waals surface area contributed by atoms with Crippen LogP contribution in [0.4, 0.5) is 0 Å². The molecule has 0 aliphatic heterocycles. The highest BCUT2D eigenvalue weighted by Gasteiger charge is 2.24. The molecule has 6 heteroatoms. The van der Waals surface area contributed by atoms with E-state index in [2.05, 4.69) is 38.2 Å². The first kappa shape index (κ1) is 57.6. The first-order valence-corrected chi connectivity index (χ1v) is 26.4. The van der Waals surface area contributed by atoms with Crippen LogP contribution in [0.3, 0.4) is 0 Å². The molecule has 3 unspecified atom stereocenters. The zero-order valence-corrected chi connectivity index (χ0v) is 39.9. The van der Waals surface area contributed by atoms with E-state index in [1.54, 1.807) is 0 Å². The van der Waals surface area contributed by atoms with E-state index in [1.807, 2.05) is 0 Å². The largest absolute Gasteiger partial charge is 0.462 e. The quantitative estimate of drug-likeness (QED) is 0.0322. The van der Waals surface area contributed by atoms with Crippen LogP contribution in [0.1, 0.15) is 290 Å². The summed E-state index contributed by atoms with van der Waals surface area (Å²) in [5, 5.41) is 23.8. The van der Waals surface area contributed by atoms with E-state index < -0.39 is 18.2 Å². The number of aliphatic hydroxyl groups excluding tert-OH is 2. The Morgan fingerprint density at radius 1 is 0.475 bits per heavy atom. The minimum absolute atomic E-state index is 0.0637. The first-order chi connectivity index (χ1) is 29.0. The van der Waals surface area contributed by atoms with Gasteiger partial charge >= 0.3 is 5.97 Å². The van der Waals surface area contributed by atoms with Crippen LogP contribution >= 0.6 is 0 Å². The highest BCUT2D eigenvalue weighted by Crippen LogP contribution is 2.18. The van der Waals surface area contributed by atoms with E-state index in [1.165, 1.54) is 193 Å². The van der Waals surface area contributed by atoms with E-state index in [4.69, 9.17) is 4.74 Å². The molecule has 0 aliphatic carbocycles.